The minimum atomic E-state index is -4.80. The highest BCUT2D eigenvalue weighted by molar-refractivity contribution is 6.19. The van der Waals surface area contributed by atoms with E-state index in [1.165, 1.54) is 0 Å². The van der Waals surface area contributed by atoms with E-state index in [0.717, 1.165) is 12.1 Å². The number of hydrogen-bond donors (Lipinski definition) is 0. The van der Waals surface area contributed by atoms with Gasteiger partial charge in [-0.15, -0.1) is 11.6 Å². The first-order chi connectivity index (χ1) is 7.38. The molecule has 0 saturated carbocycles. The molecule has 0 aliphatic heterocycles. The number of alkyl halides is 4. The van der Waals surface area contributed by atoms with Crippen molar-refractivity contribution in [3.63, 3.8) is 0 Å². The van der Waals surface area contributed by atoms with Crippen LogP contribution in [0.25, 0.3) is 0 Å². The average Bonchev–Trinajstić information content (AvgIpc) is 2.16. The quantitative estimate of drug-likeness (QED) is 0.457. The molecule has 0 fully saturated rings. The van der Waals surface area contributed by atoms with Crippen LogP contribution in [0.4, 0.5) is 17.6 Å². The summed E-state index contributed by atoms with van der Waals surface area (Å²) in [5.41, 5.74) is -2.01. The zero-order valence-corrected chi connectivity index (χ0v) is 8.70. The molecule has 0 unspecified atom stereocenters. The standard InChI is InChI=1S/C10H7ClF4O/c11-5-4-8(16)6-2-1-3-7(9(6)12)10(13,14)15/h1-3H,4-5H2. The van der Waals surface area contributed by atoms with E-state index < -0.39 is 28.9 Å². The molecular formula is C10H7ClF4O. The molecule has 0 aliphatic carbocycles. The lowest BCUT2D eigenvalue weighted by Gasteiger charge is -2.10. The maximum Gasteiger partial charge on any atom is 0.419 e. The van der Waals surface area contributed by atoms with E-state index in [1.54, 1.807) is 0 Å². The molecule has 88 valence electrons. The van der Waals surface area contributed by atoms with Crippen LogP contribution in [0.3, 0.4) is 0 Å². The second kappa shape index (κ2) is 4.82. The second-order valence-electron chi connectivity index (χ2n) is 3.03. The van der Waals surface area contributed by atoms with Gasteiger partial charge < -0.3 is 0 Å². The summed E-state index contributed by atoms with van der Waals surface area (Å²) in [6.07, 6.45) is -5.00. The summed E-state index contributed by atoms with van der Waals surface area (Å²) < 4.78 is 50.3. The summed E-state index contributed by atoms with van der Waals surface area (Å²) in [6, 6.07) is 2.60. The lowest BCUT2D eigenvalue weighted by Crippen LogP contribution is -2.12. The van der Waals surface area contributed by atoms with Crippen LogP contribution in [0.5, 0.6) is 0 Å². The van der Waals surface area contributed by atoms with E-state index in [-0.39, 0.29) is 12.3 Å². The number of ketones is 1. The van der Waals surface area contributed by atoms with E-state index >= 15 is 0 Å². The van der Waals surface area contributed by atoms with Crippen LogP contribution in [0.1, 0.15) is 22.3 Å². The van der Waals surface area contributed by atoms with E-state index in [0.29, 0.717) is 6.07 Å². The van der Waals surface area contributed by atoms with Gasteiger partial charge in [-0.3, -0.25) is 4.79 Å². The van der Waals surface area contributed by atoms with Crippen molar-refractivity contribution in [3.05, 3.63) is 35.1 Å². The maximum atomic E-state index is 13.4. The fourth-order valence-electron chi connectivity index (χ4n) is 1.19. The summed E-state index contributed by atoms with van der Waals surface area (Å²) in [4.78, 5) is 11.3. The van der Waals surface area contributed by atoms with E-state index in [2.05, 4.69) is 0 Å². The molecule has 16 heavy (non-hydrogen) atoms. The zero-order valence-electron chi connectivity index (χ0n) is 7.94. The van der Waals surface area contributed by atoms with Crippen LogP contribution in [0, 0.1) is 5.82 Å². The third-order valence-electron chi connectivity index (χ3n) is 1.93. The summed E-state index contributed by atoms with van der Waals surface area (Å²) in [5, 5.41) is 0. The number of hydrogen-bond acceptors (Lipinski definition) is 1. The normalized spacial score (nSPS) is 11.6. The van der Waals surface area contributed by atoms with Crippen molar-refractivity contribution in [2.45, 2.75) is 12.6 Å². The third-order valence-corrected chi connectivity index (χ3v) is 2.12. The van der Waals surface area contributed by atoms with Gasteiger partial charge in [0.05, 0.1) is 11.1 Å². The van der Waals surface area contributed by atoms with E-state index in [9.17, 15) is 22.4 Å². The number of rotatable bonds is 3. The zero-order chi connectivity index (χ0) is 12.3. The van der Waals surface area contributed by atoms with Crippen LogP contribution in [0.2, 0.25) is 0 Å². The van der Waals surface area contributed by atoms with Gasteiger partial charge in [-0.25, -0.2) is 4.39 Å². The molecule has 1 aromatic rings. The smallest absolute Gasteiger partial charge is 0.294 e. The van der Waals surface area contributed by atoms with Crippen molar-refractivity contribution >= 4 is 17.4 Å². The Morgan fingerprint density at radius 1 is 1.31 bits per heavy atom. The van der Waals surface area contributed by atoms with E-state index in [4.69, 9.17) is 11.6 Å². The summed E-state index contributed by atoms with van der Waals surface area (Å²) >= 11 is 5.26. The Morgan fingerprint density at radius 2 is 1.94 bits per heavy atom. The van der Waals surface area contributed by atoms with Gasteiger partial charge in [0.1, 0.15) is 5.82 Å². The Labute approximate surface area is 94.0 Å². The number of halogens is 5. The molecule has 0 spiro atoms. The molecular weight excluding hydrogens is 248 g/mol. The SMILES string of the molecule is O=C(CCCl)c1cccc(C(F)(F)F)c1F. The molecule has 0 aromatic heterocycles. The highest BCUT2D eigenvalue weighted by Gasteiger charge is 2.35. The number of carbonyl (C=O) groups excluding carboxylic acids is 1. The maximum absolute atomic E-state index is 13.4. The largest absolute Gasteiger partial charge is 0.419 e. The van der Waals surface area contributed by atoms with Gasteiger partial charge in [0, 0.05) is 12.3 Å². The molecule has 0 saturated heterocycles. The highest BCUT2D eigenvalue weighted by Crippen LogP contribution is 2.32. The first-order valence-corrected chi connectivity index (χ1v) is 4.86. The Kier molecular flexibility index (Phi) is 3.91. The van der Waals surface area contributed by atoms with Crippen LogP contribution in [-0.2, 0) is 6.18 Å². The summed E-state index contributed by atoms with van der Waals surface area (Å²) in [6.45, 7) is 0. The van der Waals surface area contributed by atoms with Gasteiger partial charge in [-0.05, 0) is 12.1 Å². The lowest BCUT2D eigenvalue weighted by atomic mass is 10.0. The second-order valence-corrected chi connectivity index (χ2v) is 3.40. The molecule has 1 nitrogen and oxygen atoms in total. The van der Waals surface area contributed by atoms with Gasteiger partial charge in [0.25, 0.3) is 0 Å². The summed E-state index contributed by atoms with van der Waals surface area (Å²) in [7, 11) is 0. The number of carbonyl (C=O) groups is 1. The molecule has 6 heteroatoms. The molecule has 0 atom stereocenters. The number of Topliss-reactive ketones (excluding diaryl/α,β-unsaturated/α-hetero) is 1. The lowest BCUT2D eigenvalue weighted by molar-refractivity contribution is -0.140. The van der Waals surface area contributed by atoms with Gasteiger partial charge in [-0.2, -0.15) is 13.2 Å². The Morgan fingerprint density at radius 3 is 2.44 bits per heavy atom. The highest BCUT2D eigenvalue weighted by atomic mass is 35.5. The van der Waals surface area contributed by atoms with Gasteiger partial charge in [0.2, 0.25) is 0 Å². The predicted molar refractivity (Wildman–Crippen MR) is 51.1 cm³/mol. The third kappa shape index (κ3) is 2.72. The van der Waals surface area contributed by atoms with Crippen molar-refractivity contribution in [2.75, 3.05) is 5.88 Å². The monoisotopic (exact) mass is 254 g/mol. The number of benzene rings is 1. The van der Waals surface area contributed by atoms with Crippen LogP contribution < -0.4 is 0 Å². The Bertz CT molecular complexity index is 400. The first kappa shape index (κ1) is 13.0. The van der Waals surface area contributed by atoms with Crippen molar-refractivity contribution in [1.29, 1.82) is 0 Å². The summed E-state index contributed by atoms with van der Waals surface area (Å²) in [5.74, 6) is -2.34. The molecule has 1 aromatic carbocycles. The van der Waals surface area contributed by atoms with Crippen molar-refractivity contribution < 1.29 is 22.4 Å². The van der Waals surface area contributed by atoms with Gasteiger partial charge in [-0.1, -0.05) is 6.07 Å². The average molecular weight is 255 g/mol. The van der Waals surface area contributed by atoms with Crippen LogP contribution >= 0.6 is 11.6 Å². The topological polar surface area (TPSA) is 17.1 Å². The van der Waals surface area contributed by atoms with Crippen molar-refractivity contribution in [2.24, 2.45) is 0 Å². The van der Waals surface area contributed by atoms with Gasteiger partial charge >= 0.3 is 6.18 Å². The molecule has 1 rings (SSSR count). The minimum absolute atomic E-state index is 0.0610. The molecule has 0 amide bonds. The first-order valence-electron chi connectivity index (χ1n) is 4.32. The Hall–Kier alpha value is -1.10. The fourth-order valence-corrected chi connectivity index (χ4v) is 1.36. The van der Waals surface area contributed by atoms with Crippen molar-refractivity contribution in [1.82, 2.24) is 0 Å². The Balaban J connectivity index is 3.19. The van der Waals surface area contributed by atoms with E-state index in [1.807, 2.05) is 0 Å². The molecule has 0 bridgehead atoms. The molecule has 0 heterocycles. The van der Waals surface area contributed by atoms with Crippen molar-refractivity contribution in [3.8, 4) is 0 Å². The fraction of sp³-hybridized carbons (Fsp3) is 0.300. The molecule has 0 N–H and O–H groups in total. The molecule has 0 radical (unpaired) electrons. The van der Waals surface area contributed by atoms with Crippen LogP contribution in [-0.4, -0.2) is 11.7 Å². The minimum Gasteiger partial charge on any atom is -0.294 e. The van der Waals surface area contributed by atoms with Crippen LogP contribution in [0.15, 0.2) is 18.2 Å². The van der Waals surface area contributed by atoms with Gasteiger partial charge in [0.15, 0.2) is 5.78 Å². The molecule has 0 aliphatic rings. The predicted octanol–water partition coefficient (Wildman–Crippen LogP) is 3.66.